The van der Waals surface area contributed by atoms with Gasteiger partial charge < -0.3 is 15.3 Å². The van der Waals surface area contributed by atoms with Crippen molar-refractivity contribution in [2.24, 2.45) is 0 Å². The molecule has 22 heavy (non-hydrogen) atoms. The number of nitrogens with one attached hydrogen (secondary N) is 1. The van der Waals surface area contributed by atoms with E-state index < -0.39 is 5.60 Å². The van der Waals surface area contributed by atoms with Crippen molar-refractivity contribution < 1.29 is 14.3 Å². The lowest BCUT2D eigenvalue weighted by atomic mass is 10.00. The van der Waals surface area contributed by atoms with Crippen LogP contribution in [0.5, 0.6) is 0 Å². The van der Waals surface area contributed by atoms with E-state index in [0.717, 1.165) is 30.8 Å². The molecule has 4 nitrogen and oxygen atoms in total. The molecule has 0 spiro atoms. The number of carbonyl (C=O) groups excluding carboxylic acids is 1. The molecule has 6 heteroatoms. The van der Waals surface area contributed by atoms with Crippen molar-refractivity contribution in [2.45, 2.75) is 30.9 Å². The minimum absolute atomic E-state index is 0.000794. The maximum Gasteiger partial charge on any atom is 0.253 e. The number of hydrogen-bond donors (Lipinski definition) is 2. The van der Waals surface area contributed by atoms with Gasteiger partial charge >= 0.3 is 0 Å². The Morgan fingerprint density at radius 3 is 3.09 bits per heavy atom. The SMILES string of the molecule is O=C(NC1CCCN(c2cccc(F)c2)C1)C1(O)CCSC1. The molecule has 2 unspecified atom stereocenters. The van der Waals surface area contributed by atoms with Gasteiger partial charge in [0.15, 0.2) is 5.60 Å². The number of anilines is 1. The molecule has 3 rings (SSSR count). The summed E-state index contributed by atoms with van der Waals surface area (Å²) in [4.78, 5) is 14.4. The van der Waals surface area contributed by atoms with Crippen LogP contribution in [-0.4, -0.2) is 47.3 Å². The average Bonchev–Trinajstić information content (AvgIpc) is 2.96. The molecule has 120 valence electrons. The molecule has 0 saturated carbocycles. The van der Waals surface area contributed by atoms with Crippen molar-refractivity contribution in [3.8, 4) is 0 Å². The number of hydrogen-bond acceptors (Lipinski definition) is 4. The van der Waals surface area contributed by atoms with E-state index >= 15 is 0 Å². The van der Waals surface area contributed by atoms with Gasteiger partial charge in [0.2, 0.25) is 0 Å². The largest absolute Gasteiger partial charge is 0.379 e. The molecule has 2 atom stereocenters. The third kappa shape index (κ3) is 3.38. The predicted molar refractivity (Wildman–Crippen MR) is 86.7 cm³/mol. The Labute approximate surface area is 134 Å². The van der Waals surface area contributed by atoms with Crippen molar-refractivity contribution in [3.63, 3.8) is 0 Å². The zero-order valence-electron chi connectivity index (χ0n) is 12.4. The number of thioether (sulfide) groups is 1. The quantitative estimate of drug-likeness (QED) is 0.890. The number of benzene rings is 1. The van der Waals surface area contributed by atoms with Gasteiger partial charge in [0, 0.05) is 30.6 Å². The Kier molecular flexibility index (Phi) is 4.59. The number of halogens is 1. The summed E-state index contributed by atoms with van der Waals surface area (Å²) in [5.41, 5.74) is -0.375. The second-order valence-corrected chi connectivity index (χ2v) is 7.18. The van der Waals surface area contributed by atoms with Crippen LogP contribution in [0.15, 0.2) is 24.3 Å². The molecule has 1 amide bonds. The molecule has 0 aliphatic carbocycles. The van der Waals surface area contributed by atoms with Gasteiger partial charge in [-0.1, -0.05) is 6.07 Å². The molecule has 0 radical (unpaired) electrons. The van der Waals surface area contributed by atoms with E-state index in [2.05, 4.69) is 10.2 Å². The first-order valence-corrected chi connectivity index (χ1v) is 8.84. The van der Waals surface area contributed by atoms with Crippen molar-refractivity contribution in [2.75, 3.05) is 29.5 Å². The predicted octanol–water partition coefficient (Wildman–Crippen LogP) is 1.78. The minimum atomic E-state index is -1.22. The third-order valence-electron chi connectivity index (χ3n) is 4.35. The van der Waals surface area contributed by atoms with Gasteiger partial charge in [-0.05, 0) is 43.2 Å². The molecule has 0 bridgehead atoms. The average molecular weight is 324 g/mol. The molecule has 2 N–H and O–H groups in total. The molecule has 1 aromatic rings. The Morgan fingerprint density at radius 1 is 1.50 bits per heavy atom. The molecule has 2 fully saturated rings. The van der Waals surface area contributed by atoms with E-state index in [-0.39, 0.29) is 17.8 Å². The smallest absolute Gasteiger partial charge is 0.253 e. The second kappa shape index (κ2) is 6.46. The lowest BCUT2D eigenvalue weighted by Gasteiger charge is -2.36. The molecule has 2 aliphatic rings. The van der Waals surface area contributed by atoms with E-state index in [9.17, 15) is 14.3 Å². The van der Waals surface area contributed by atoms with Crippen molar-refractivity contribution in [1.82, 2.24) is 5.32 Å². The van der Waals surface area contributed by atoms with Gasteiger partial charge in [0.1, 0.15) is 5.82 Å². The van der Waals surface area contributed by atoms with Gasteiger partial charge in [0.25, 0.3) is 5.91 Å². The molecule has 2 aliphatic heterocycles. The van der Waals surface area contributed by atoms with E-state index in [4.69, 9.17) is 0 Å². The Bertz CT molecular complexity index is 549. The van der Waals surface area contributed by atoms with Crippen LogP contribution in [-0.2, 0) is 4.79 Å². The summed E-state index contributed by atoms with van der Waals surface area (Å²) in [7, 11) is 0. The highest BCUT2D eigenvalue weighted by molar-refractivity contribution is 7.99. The van der Waals surface area contributed by atoms with Crippen molar-refractivity contribution in [3.05, 3.63) is 30.1 Å². The van der Waals surface area contributed by atoms with E-state index in [1.165, 1.54) is 12.1 Å². The maximum atomic E-state index is 13.4. The highest BCUT2D eigenvalue weighted by Gasteiger charge is 2.40. The van der Waals surface area contributed by atoms with Crippen molar-refractivity contribution in [1.29, 1.82) is 0 Å². The summed E-state index contributed by atoms with van der Waals surface area (Å²) in [5.74, 6) is 0.785. The molecule has 2 heterocycles. The number of amides is 1. The topological polar surface area (TPSA) is 52.6 Å². The zero-order chi connectivity index (χ0) is 15.6. The summed E-state index contributed by atoms with van der Waals surface area (Å²) in [6.07, 6.45) is 2.35. The van der Waals surface area contributed by atoms with Gasteiger partial charge in [-0.15, -0.1) is 0 Å². The van der Waals surface area contributed by atoms with Crippen LogP contribution >= 0.6 is 11.8 Å². The summed E-state index contributed by atoms with van der Waals surface area (Å²) < 4.78 is 13.4. The first-order valence-electron chi connectivity index (χ1n) is 7.68. The highest BCUT2D eigenvalue weighted by Crippen LogP contribution is 2.28. The lowest BCUT2D eigenvalue weighted by Crippen LogP contribution is -2.54. The third-order valence-corrected chi connectivity index (χ3v) is 5.53. The number of aliphatic hydroxyl groups is 1. The Morgan fingerprint density at radius 2 is 2.36 bits per heavy atom. The fraction of sp³-hybridized carbons (Fsp3) is 0.562. The van der Waals surface area contributed by atoms with Gasteiger partial charge in [-0.25, -0.2) is 4.39 Å². The van der Waals surface area contributed by atoms with Crippen LogP contribution in [0, 0.1) is 5.82 Å². The van der Waals surface area contributed by atoms with Crippen molar-refractivity contribution >= 4 is 23.4 Å². The van der Waals surface area contributed by atoms with Crippen LogP contribution in [0.3, 0.4) is 0 Å². The van der Waals surface area contributed by atoms with E-state index in [1.54, 1.807) is 17.8 Å². The van der Waals surface area contributed by atoms with Crippen LogP contribution in [0.2, 0.25) is 0 Å². The Balaban J connectivity index is 1.62. The molecule has 0 aromatic heterocycles. The zero-order valence-corrected chi connectivity index (χ0v) is 13.2. The van der Waals surface area contributed by atoms with Crippen LogP contribution in [0.1, 0.15) is 19.3 Å². The minimum Gasteiger partial charge on any atom is -0.379 e. The molecular formula is C16H21FN2O2S. The summed E-state index contributed by atoms with van der Waals surface area (Å²) in [5, 5.41) is 13.3. The van der Waals surface area contributed by atoms with Crippen LogP contribution < -0.4 is 10.2 Å². The number of rotatable bonds is 3. The van der Waals surface area contributed by atoms with E-state index in [0.29, 0.717) is 18.7 Å². The number of piperidine rings is 1. The fourth-order valence-electron chi connectivity index (χ4n) is 3.06. The number of nitrogens with zero attached hydrogens (tertiary/aromatic N) is 1. The molecular weight excluding hydrogens is 303 g/mol. The summed E-state index contributed by atoms with van der Waals surface area (Å²) >= 11 is 1.61. The summed E-state index contributed by atoms with van der Waals surface area (Å²) in [6.45, 7) is 1.51. The van der Waals surface area contributed by atoms with E-state index in [1.807, 2.05) is 6.07 Å². The van der Waals surface area contributed by atoms with Crippen LogP contribution in [0.4, 0.5) is 10.1 Å². The summed E-state index contributed by atoms with van der Waals surface area (Å²) in [6, 6.07) is 6.53. The second-order valence-electron chi connectivity index (χ2n) is 6.07. The van der Waals surface area contributed by atoms with Crippen LogP contribution in [0.25, 0.3) is 0 Å². The standard InChI is InChI=1S/C16H21FN2O2S/c17-12-3-1-5-14(9-12)19-7-2-4-13(10-19)18-15(20)16(21)6-8-22-11-16/h1,3,5,9,13,21H,2,4,6-8,10-11H2,(H,18,20). The molecule has 1 aromatic carbocycles. The van der Waals surface area contributed by atoms with Gasteiger partial charge in [0.05, 0.1) is 0 Å². The lowest BCUT2D eigenvalue weighted by molar-refractivity contribution is -0.138. The fourth-order valence-corrected chi connectivity index (χ4v) is 4.29. The number of carbonyl (C=O) groups is 1. The molecule has 2 saturated heterocycles. The first-order chi connectivity index (χ1) is 10.6. The monoisotopic (exact) mass is 324 g/mol. The van der Waals surface area contributed by atoms with Gasteiger partial charge in [-0.3, -0.25) is 4.79 Å². The van der Waals surface area contributed by atoms with Gasteiger partial charge in [-0.2, -0.15) is 11.8 Å². The Hall–Kier alpha value is -1.27. The maximum absolute atomic E-state index is 13.4. The highest BCUT2D eigenvalue weighted by atomic mass is 32.2. The first kappa shape index (κ1) is 15.6. The normalized spacial score (nSPS) is 28.6.